The number of carbonyl (C=O) groups is 4. The first-order valence-electron chi connectivity index (χ1n) is 31.0. The third-order valence-electron chi connectivity index (χ3n) is 15.4. The van der Waals surface area contributed by atoms with Gasteiger partial charge in [0.2, 0.25) is 0 Å². The van der Waals surface area contributed by atoms with Crippen molar-refractivity contribution in [3.05, 3.63) is 178 Å². The van der Waals surface area contributed by atoms with Crippen LogP contribution in [0.1, 0.15) is 232 Å². The van der Waals surface area contributed by atoms with Crippen molar-refractivity contribution in [2.24, 2.45) is 0 Å². The van der Waals surface area contributed by atoms with Crippen molar-refractivity contribution in [3.63, 3.8) is 0 Å². The molecule has 0 atom stereocenters. The second-order valence-electron chi connectivity index (χ2n) is 22.0. The lowest BCUT2D eigenvalue weighted by atomic mass is 9.91. The zero-order chi connectivity index (χ0) is 57.4. The van der Waals surface area contributed by atoms with E-state index in [1.165, 1.54) is 128 Å². The Morgan fingerprint density at radius 2 is 0.561 bits per heavy atom. The van der Waals surface area contributed by atoms with E-state index in [1.807, 2.05) is 60.7 Å². The fraction of sp³-hybridized carbons (Fsp3) is 0.444. The van der Waals surface area contributed by atoms with Crippen molar-refractivity contribution in [3.8, 4) is 34.5 Å². The van der Waals surface area contributed by atoms with E-state index in [9.17, 15) is 19.2 Å². The van der Waals surface area contributed by atoms with Gasteiger partial charge in [-0.15, -0.1) is 0 Å². The molecule has 4 aliphatic carbocycles. The van der Waals surface area contributed by atoms with Gasteiger partial charge in [0.15, 0.2) is 0 Å². The smallest absolute Gasteiger partial charge is 0.343 e. The molecule has 6 aromatic rings. The third kappa shape index (κ3) is 21.9. The second kappa shape index (κ2) is 35.6. The molecule has 10 nitrogen and oxygen atoms in total. The van der Waals surface area contributed by atoms with Crippen molar-refractivity contribution >= 4 is 23.9 Å². The van der Waals surface area contributed by atoms with Crippen LogP contribution in [0.3, 0.4) is 0 Å². The van der Waals surface area contributed by atoms with Crippen LogP contribution in [0.2, 0.25) is 0 Å². The largest absolute Gasteiger partial charge is 0.494 e. The van der Waals surface area contributed by atoms with E-state index in [2.05, 4.69) is 13.8 Å². The molecular weight excluding hydrogens is 1020 g/mol. The van der Waals surface area contributed by atoms with Gasteiger partial charge >= 0.3 is 23.9 Å². The molecule has 82 heavy (non-hydrogen) atoms. The first-order valence-corrected chi connectivity index (χ1v) is 31.0. The Bertz CT molecular complexity index is 2660. The number of ether oxygens (including phenoxy) is 6. The number of unbranched alkanes of at least 4 members (excludes halogenated alkanes) is 22. The molecule has 0 aromatic heterocycles. The molecular formula is C72H88O10. The van der Waals surface area contributed by atoms with Crippen molar-refractivity contribution in [2.45, 2.75) is 194 Å². The van der Waals surface area contributed by atoms with Crippen LogP contribution in [0.4, 0.5) is 0 Å². The predicted octanol–water partition coefficient (Wildman–Crippen LogP) is 18.6. The number of benzene rings is 6. The highest BCUT2D eigenvalue weighted by Gasteiger charge is 2.21. The maximum Gasteiger partial charge on any atom is 0.343 e. The topological polar surface area (TPSA) is 124 Å². The average Bonchev–Trinajstić information content (AvgIpc) is 3.68. The quantitative estimate of drug-likeness (QED) is 0.0213. The highest BCUT2D eigenvalue weighted by molar-refractivity contribution is 5.95. The summed E-state index contributed by atoms with van der Waals surface area (Å²) >= 11 is 0. The summed E-state index contributed by atoms with van der Waals surface area (Å²) in [4.78, 5) is 53.7. The molecule has 436 valence electrons. The molecule has 0 heterocycles. The third-order valence-corrected chi connectivity index (χ3v) is 15.4. The number of hydrogen-bond acceptors (Lipinski definition) is 10. The first-order chi connectivity index (χ1) is 40.2. The average molecular weight is 1110 g/mol. The van der Waals surface area contributed by atoms with Gasteiger partial charge in [-0.1, -0.05) is 179 Å². The molecule has 4 aliphatic rings. The molecule has 0 N–H and O–H groups in total. The van der Waals surface area contributed by atoms with Gasteiger partial charge < -0.3 is 28.4 Å². The molecule has 0 amide bonds. The van der Waals surface area contributed by atoms with E-state index in [4.69, 9.17) is 28.4 Å². The Hall–Kier alpha value is -7.20. The van der Waals surface area contributed by atoms with Crippen LogP contribution in [0.15, 0.2) is 133 Å². The van der Waals surface area contributed by atoms with E-state index in [0.717, 1.165) is 59.4 Å². The molecule has 4 bridgehead atoms. The minimum atomic E-state index is -0.527. The van der Waals surface area contributed by atoms with Crippen LogP contribution in [0, 0.1) is 0 Å². The molecule has 0 radical (unpaired) electrons. The zero-order valence-electron chi connectivity index (χ0n) is 49.0. The van der Waals surface area contributed by atoms with Gasteiger partial charge in [0.05, 0.1) is 35.5 Å². The van der Waals surface area contributed by atoms with Gasteiger partial charge in [0.1, 0.15) is 34.5 Å². The van der Waals surface area contributed by atoms with Crippen molar-refractivity contribution < 1.29 is 47.6 Å². The molecule has 0 aliphatic heterocycles. The van der Waals surface area contributed by atoms with Crippen LogP contribution in [-0.2, 0) is 25.7 Å². The molecule has 0 unspecified atom stereocenters. The minimum absolute atomic E-state index is 0.299. The van der Waals surface area contributed by atoms with E-state index in [1.54, 1.807) is 72.8 Å². The summed E-state index contributed by atoms with van der Waals surface area (Å²) in [6.45, 7) is 5.84. The fourth-order valence-corrected chi connectivity index (χ4v) is 10.4. The number of aryl methyl sites for hydroxylation is 4. The molecule has 6 aromatic carbocycles. The summed E-state index contributed by atoms with van der Waals surface area (Å²) in [5.41, 5.74) is 5.01. The normalized spacial score (nSPS) is 11.8. The SMILES string of the molecule is CCCCCCCCCCCCCCOc1ccc(OC(=O)c2ccc(OC(=O)c3cc4ccc3CCc3ccc(c(C(=O)Oc5ccc(C(=O)Oc6ccc(OCCCCCCCCCCCCCC)cc6)cc5)c3)CC4)cc2)cc1. The highest BCUT2D eigenvalue weighted by atomic mass is 16.5. The Labute approximate surface area is 488 Å². The van der Waals surface area contributed by atoms with Crippen molar-refractivity contribution in [1.82, 2.24) is 0 Å². The number of carbonyl (C=O) groups excluding carboxylic acids is 4. The Morgan fingerprint density at radius 1 is 0.293 bits per heavy atom. The number of hydrogen-bond donors (Lipinski definition) is 0. The lowest BCUT2D eigenvalue weighted by Crippen LogP contribution is -2.15. The summed E-state index contributed by atoms with van der Waals surface area (Å²) in [6, 6.07) is 38.5. The van der Waals surface area contributed by atoms with Crippen LogP contribution in [-0.4, -0.2) is 37.1 Å². The predicted molar refractivity (Wildman–Crippen MR) is 326 cm³/mol. The minimum Gasteiger partial charge on any atom is -0.494 e. The van der Waals surface area contributed by atoms with Crippen LogP contribution >= 0.6 is 0 Å². The van der Waals surface area contributed by atoms with E-state index in [-0.39, 0.29) is 0 Å². The molecule has 0 saturated heterocycles. The second-order valence-corrected chi connectivity index (χ2v) is 22.0. The maximum atomic E-state index is 13.8. The van der Waals surface area contributed by atoms with E-state index >= 15 is 0 Å². The molecule has 0 saturated carbocycles. The number of esters is 4. The molecule has 10 heteroatoms. The monoisotopic (exact) mass is 1110 g/mol. The molecule has 10 rings (SSSR count). The maximum absolute atomic E-state index is 13.8. The van der Waals surface area contributed by atoms with E-state index < -0.39 is 23.9 Å². The summed E-state index contributed by atoms with van der Waals surface area (Å²) in [7, 11) is 0. The van der Waals surface area contributed by atoms with E-state index in [0.29, 0.717) is 84.1 Å². The Balaban J connectivity index is 0.806. The van der Waals surface area contributed by atoms with Gasteiger partial charge in [-0.2, -0.15) is 0 Å². The first kappa shape index (κ1) is 62.4. The summed E-state index contributed by atoms with van der Waals surface area (Å²) in [5, 5.41) is 0. The van der Waals surface area contributed by atoms with Crippen LogP contribution < -0.4 is 28.4 Å². The highest BCUT2D eigenvalue weighted by Crippen LogP contribution is 2.27. The summed E-state index contributed by atoms with van der Waals surface area (Å²) in [5.74, 6) is 0.837. The van der Waals surface area contributed by atoms with Gasteiger partial charge in [-0.3, -0.25) is 0 Å². The Morgan fingerprint density at radius 3 is 0.878 bits per heavy atom. The Kier molecular flexibility index (Phi) is 27.1. The van der Waals surface area contributed by atoms with Crippen LogP contribution in [0.25, 0.3) is 0 Å². The number of rotatable bonds is 36. The molecule has 0 fully saturated rings. The standard InChI is InChI=1S/C72H88O10/c1-3-5-7-9-11-13-15-17-19-21-23-25-51-77-61-43-47-65(48-44-61)79-69(73)59-35-39-63(40-36-59)81-71(75)67-53-55-27-31-57(67)33-29-56-28-32-58(34-30-55)68(54-56)72(76)82-64-41-37-60(38-42-64)70(74)80-66-49-45-62(46-50-66)78-52-26-24-22-20-18-16-14-12-10-8-6-4-2/h27-28,31-32,35-50,53-54H,3-26,29-30,33-34,51-52H2,1-2H3. The summed E-state index contributed by atoms with van der Waals surface area (Å²) < 4.78 is 34.9. The van der Waals surface area contributed by atoms with Crippen LogP contribution in [0.5, 0.6) is 34.5 Å². The fourth-order valence-electron chi connectivity index (χ4n) is 10.4. The lowest BCUT2D eigenvalue weighted by molar-refractivity contribution is 0.0719. The van der Waals surface area contributed by atoms with Gasteiger partial charge in [0, 0.05) is 0 Å². The zero-order valence-corrected chi connectivity index (χ0v) is 49.0. The van der Waals surface area contributed by atoms with Gasteiger partial charge in [-0.05, 0) is 170 Å². The lowest BCUT2D eigenvalue weighted by Gasteiger charge is -2.16. The van der Waals surface area contributed by atoms with Gasteiger partial charge in [-0.25, -0.2) is 19.2 Å². The molecule has 0 spiro atoms. The summed E-state index contributed by atoms with van der Waals surface area (Å²) in [6.07, 6.45) is 33.2. The van der Waals surface area contributed by atoms with Crippen molar-refractivity contribution in [1.29, 1.82) is 0 Å². The van der Waals surface area contributed by atoms with Crippen molar-refractivity contribution in [2.75, 3.05) is 13.2 Å². The van der Waals surface area contributed by atoms with Gasteiger partial charge in [0.25, 0.3) is 0 Å².